The van der Waals surface area contributed by atoms with E-state index >= 15 is 0 Å². The summed E-state index contributed by atoms with van der Waals surface area (Å²) in [5.74, 6) is -0.916. The Hall–Kier alpha value is -2.47. The number of phenolic OH excluding ortho intramolecular Hbond substituents is 1. The molecule has 2 rings (SSSR count). The molecule has 5 nitrogen and oxygen atoms in total. The number of phenols is 1. The average molecular weight is 258 g/mol. The van der Waals surface area contributed by atoms with Crippen LogP contribution in [0.25, 0.3) is 0 Å². The number of hydrogen-bond acceptors (Lipinski definition) is 5. The number of aromatic hydroxyl groups is 1. The van der Waals surface area contributed by atoms with Crippen molar-refractivity contribution in [3.63, 3.8) is 0 Å². The van der Waals surface area contributed by atoms with Gasteiger partial charge in [0, 0.05) is 5.56 Å². The predicted molar refractivity (Wildman–Crippen MR) is 70.4 cm³/mol. The molecule has 0 spiro atoms. The number of carbonyl (C=O) groups is 1. The molecule has 6 heteroatoms. The van der Waals surface area contributed by atoms with Crippen LogP contribution in [-0.2, 0) is 0 Å². The van der Waals surface area contributed by atoms with Crippen molar-refractivity contribution in [3.8, 4) is 17.2 Å². The fourth-order valence-corrected chi connectivity index (χ4v) is 1.77. The summed E-state index contributed by atoms with van der Waals surface area (Å²) in [4.78, 5) is 16.4. The van der Waals surface area contributed by atoms with Gasteiger partial charge in [-0.05, 0) is 12.1 Å². The monoisotopic (exact) mass is 258 g/mol. The first-order valence-electron chi connectivity index (χ1n) is 5.50. The molecular weight excluding hydrogens is 247 g/mol. The highest BCUT2D eigenvalue weighted by Crippen LogP contribution is 2.39. The molecule has 2 N–H and O–H groups in total. The van der Waals surface area contributed by atoms with Crippen LogP contribution < -0.4 is 9.54 Å². The Bertz CT molecular complexity index is 597. The summed E-state index contributed by atoms with van der Waals surface area (Å²) in [5, 5.41) is 18.3. The lowest BCUT2D eigenvalue weighted by Crippen LogP contribution is -2.05. The second-order valence-corrected chi connectivity index (χ2v) is 3.78. The molecule has 19 heavy (non-hydrogen) atoms. The largest absolute Gasteiger partial charge is 0.565 e. The normalized spacial score (nSPS) is 9.95. The molecule has 96 valence electrons. The summed E-state index contributed by atoms with van der Waals surface area (Å²) < 4.78 is 5.02. The van der Waals surface area contributed by atoms with E-state index in [0.29, 0.717) is 5.56 Å². The number of ketones is 1. The van der Waals surface area contributed by atoms with Gasteiger partial charge in [0.2, 0.25) is 5.75 Å². The lowest BCUT2D eigenvalue weighted by molar-refractivity contribution is -0.140. The van der Waals surface area contributed by atoms with E-state index in [4.69, 9.17) is 9.91 Å². The second-order valence-electron chi connectivity index (χ2n) is 3.78. The van der Waals surface area contributed by atoms with Gasteiger partial charge >= 0.3 is 8.05 Å². The van der Waals surface area contributed by atoms with Gasteiger partial charge in [-0.2, -0.15) is 0 Å². The van der Waals surface area contributed by atoms with Gasteiger partial charge in [0.25, 0.3) is 0 Å². The topological polar surface area (TPSA) is 76.0 Å². The molecule has 0 amide bonds. The molecule has 0 aromatic heterocycles. The van der Waals surface area contributed by atoms with E-state index < -0.39 is 0 Å². The third-order valence-electron chi connectivity index (χ3n) is 2.67. The standard InChI is InChI=1S/C13H11BO5/c14-18-12-9(6-7-10(15)13(12)19-17)11(16)8-4-2-1-3-5-8/h1-7,15,17H,14H2. The first-order valence-corrected chi connectivity index (χ1v) is 5.50. The Morgan fingerprint density at radius 1 is 1.05 bits per heavy atom. The summed E-state index contributed by atoms with van der Waals surface area (Å²) in [6.45, 7) is 0. The quantitative estimate of drug-likeness (QED) is 0.375. The lowest BCUT2D eigenvalue weighted by atomic mass is 10.0. The van der Waals surface area contributed by atoms with Crippen molar-refractivity contribution in [1.82, 2.24) is 0 Å². The smallest absolute Gasteiger partial charge is 0.322 e. The molecule has 0 bridgehead atoms. The van der Waals surface area contributed by atoms with E-state index in [1.165, 1.54) is 20.2 Å². The molecular formula is C13H11BO5. The predicted octanol–water partition coefficient (Wildman–Crippen LogP) is 1.40. The zero-order valence-electron chi connectivity index (χ0n) is 10.2. The van der Waals surface area contributed by atoms with Crippen molar-refractivity contribution in [3.05, 3.63) is 53.6 Å². The summed E-state index contributed by atoms with van der Waals surface area (Å²) in [7, 11) is 1.32. The first kappa shape index (κ1) is 13.0. The van der Waals surface area contributed by atoms with Gasteiger partial charge in [0.15, 0.2) is 17.3 Å². The zero-order valence-corrected chi connectivity index (χ0v) is 10.2. The SMILES string of the molecule is BOc1c(C(=O)c2ccccc2)ccc(O)c1OO. The Morgan fingerprint density at radius 3 is 2.32 bits per heavy atom. The van der Waals surface area contributed by atoms with Crippen molar-refractivity contribution < 1.29 is 24.7 Å². The van der Waals surface area contributed by atoms with E-state index in [0.717, 1.165) is 0 Å². The Labute approximate surface area is 110 Å². The van der Waals surface area contributed by atoms with Crippen molar-refractivity contribution in [1.29, 1.82) is 0 Å². The molecule has 0 saturated carbocycles. The Morgan fingerprint density at radius 2 is 1.74 bits per heavy atom. The molecule has 0 unspecified atom stereocenters. The maximum atomic E-state index is 12.3. The number of benzene rings is 2. The van der Waals surface area contributed by atoms with Crippen LogP contribution >= 0.6 is 0 Å². The van der Waals surface area contributed by atoms with Gasteiger partial charge < -0.3 is 14.6 Å². The van der Waals surface area contributed by atoms with Crippen LogP contribution in [0.1, 0.15) is 15.9 Å². The lowest BCUT2D eigenvalue weighted by Gasteiger charge is -2.12. The minimum Gasteiger partial charge on any atom is -0.565 e. The van der Waals surface area contributed by atoms with Crippen molar-refractivity contribution in [2.24, 2.45) is 0 Å². The second kappa shape index (κ2) is 5.45. The minimum atomic E-state index is -0.316. The van der Waals surface area contributed by atoms with Crippen LogP contribution in [0.3, 0.4) is 0 Å². The molecule has 0 atom stereocenters. The van der Waals surface area contributed by atoms with Crippen molar-refractivity contribution in [2.75, 3.05) is 0 Å². The molecule has 0 saturated heterocycles. The highest BCUT2D eigenvalue weighted by atomic mass is 17.1. The van der Waals surface area contributed by atoms with Crippen LogP contribution in [0.4, 0.5) is 0 Å². The third kappa shape index (κ3) is 2.39. The summed E-state index contributed by atoms with van der Waals surface area (Å²) in [6.07, 6.45) is 0. The highest BCUT2D eigenvalue weighted by Gasteiger charge is 2.21. The molecule has 0 heterocycles. The third-order valence-corrected chi connectivity index (χ3v) is 2.67. The van der Waals surface area contributed by atoms with Gasteiger partial charge in [0.05, 0.1) is 5.56 Å². The van der Waals surface area contributed by atoms with E-state index in [-0.39, 0.29) is 28.6 Å². The molecule has 0 radical (unpaired) electrons. The average Bonchev–Trinajstić information content (AvgIpc) is 2.47. The first-order chi connectivity index (χ1) is 9.19. The number of carbonyl (C=O) groups excluding carboxylic acids is 1. The molecule has 0 fully saturated rings. The maximum absolute atomic E-state index is 12.3. The van der Waals surface area contributed by atoms with E-state index in [2.05, 4.69) is 4.89 Å². The highest BCUT2D eigenvalue weighted by molar-refractivity contribution is 6.12. The Balaban J connectivity index is 2.54. The van der Waals surface area contributed by atoms with Gasteiger partial charge in [-0.3, -0.25) is 4.79 Å². The van der Waals surface area contributed by atoms with Crippen LogP contribution in [-0.4, -0.2) is 24.2 Å². The maximum Gasteiger partial charge on any atom is 0.322 e. The van der Waals surface area contributed by atoms with Gasteiger partial charge in [-0.25, -0.2) is 5.26 Å². The van der Waals surface area contributed by atoms with E-state index in [9.17, 15) is 9.90 Å². The van der Waals surface area contributed by atoms with E-state index in [1.807, 2.05) is 0 Å². The minimum absolute atomic E-state index is 0.0173. The molecule has 0 aliphatic carbocycles. The van der Waals surface area contributed by atoms with Crippen LogP contribution in [0.5, 0.6) is 17.2 Å². The van der Waals surface area contributed by atoms with Crippen LogP contribution in [0.15, 0.2) is 42.5 Å². The fraction of sp³-hybridized carbons (Fsp3) is 0. The fourth-order valence-electron chi connectivity index (χ4n) is 1.77. The molecule has 2 aromatic carbocycles. The number of rotatable bonds is 4. The summed E-state index contributed by atoms with van der Waals surface area (Å²) in [5.41, 5.74) is 0.658. The van der Waals surface area contributed by atoms with Gasteiger partial charge in [-0.15, -0.1) is 0 Å². The molecule has 0 aliphatic heterocycles. The molecule has 0 aliphatic rings. The van der Waals surface area contributed by atoms with Gasteiger partial charge in [-0.1, -0.05) is 30.3 Å². The van der Waals surface area contributed by atoms with Crippen molar-refractivity contribution >= 4 is 13.8 Å². The van der Waals surface area contributed by atoms with Gasteiger partial charge in [0.1, 0.15) is 0 Å². The zero-order chi connectivity index (χ0) is 13.8. The van der Waals surface area contributed by atoms with Crippen LogP contribution in [0.2, 0.25) is 0 Å². The van der Waals surface area contributed by atoms with Crippen LogP contribution in [0, 0.1) is 0 Å². The summed E-state index contributed by atoms with van der Waals surface area (Å²) >= 11 is 0. The Kier molecular flexibility index (Phi) is 3.72. The van der Waals surface area contributed by atoms with Crippen molar-refractivity contribution in [2.45, 2.75) is 0 Å². The molecule has 2 aromatic rings. The summed E-state index contributed by atoms with van der Waals surface area (Å²) in [6, 6.07) is 11.3. The number of hydrogen-bond donors (Lipinski definition) is 2. The van der Waals surface area contributed by atoms with E-state index in [1.54, 1.807) is 30.3 Å².